The van der Waals surface area contributed by atoms with Crippen LogP contribution in [0.15, 0.2) is 71.5 Å². The quantitative estimate of drug-likeness (QED) is 0.849. The first-order valence-corrected chi connectivity index (χ1v) is 8.72. The standard InChI is InChI=1S/C22H15NO5/c24-10-9-23-19-18(21(27)14-7-3-4-8-15(14)22(19)28)16-11-17(25)12-5-1-2-6-13(12)20(16)26/h1-8,11,23-24H,9-10H2. The van der Waals surface area contributed by atoms with Crippen molar-refractivity contribution in [1.29, 1.82) is 0 Å². The average Bonchev–Trinajstić information content (AvgIpc) is 2.72. The molecule has 0 aliphatic heterocycles. The lowest BCUT2D eigenvalue weighted by atomic mass is 9.78. The van der Waals surface area contributed by atoms with Crippen LogP contribution in [-0.2, 0) is 0 Å². The van der Waals surface area contributed by atoms with Gasteiger partial charge in [0.15, 0.2) is 17.3 Å². The Balaban J connectivity index is 1.93. The lowest BCUT2D eigenvalue weighted by molar-refractivity contribution is 0.0953. The van der Waals surface area contributed by atoms with Gasteiger partial charge in [0.1, 0.15) is 0 Å². The number of rotatable bonds is 4. The molecule has 2 aromatic carbocycles. The number of allylic oxidation sites excluding steroid dienone is 4. The number of benzene rings is 2. The lowest BCUT2D eigenvalue weighted by Gasteiger charge is -2.24. The minimum Gasteiger partial charge on any atom is -0.395 e. The van der Waals surface area contributed by atoms with Crippen molar-refractivity contribution >= 4 is 23.1 Å². The van der Waals surface area contributed by atoms with Gasteiger partial charge >= 0.3 is 0 Å². The van der Waals surface area contributed by atoms with Gasteiger partial charge in [-0.3, -0.25) is 19.2 Å². The van der Waals surface area contributed by atoms with E-state index in [1.54, 1.807) is 30.3 Å². The maximum atomic E-state index is 13.2. The second-order valence-corrected chi connectivity index (χ2v) is 6.40. The summed E-state index contributed by atoms with van der Waals surface area (Å²) in [6.45, 7) is -0.249. The van der Waals surface area contributed by atoms with E-state index in [2.05, 4.69) is 5.32 Å². The molecule has 0 atom stereocenters. The van der Waals surface area contributed by atoms with Gasteiger partial charge in [-0.15, -0.1) is 0 Å². The van der Waals surface area contributed by atoms with Crippen molar-refractivity contribution in [2.75, 3.05) is 13.2 Å². The highest BCUT2D eigenvalue weighted by Crippen LogP contribution is 2.33. The first kappa shape index (κ1) is 17.8. The Kier molecular flexibility index (Phi) is 4.33. The van der Waals surface area contributed by atoms with Crippen LogP contribution in [0.25, 0.3) is 0 Å². The highest BCUT2D eigenvalue weighted by atomic mass is 16.3. The number of aliphatic hydroxyl groups is 1. The summed E-state index contributed by atoms with van der Waals surface area (Å²) in [6.07, 6.45) is 1.11. The average molecular weight is 373 g/mol. The smallest absolute Gasteiger partial charge is 0.210 e. The summed E-state index contributed by atoms with van der Waals surface area (Å²) in [5, 5.41) is 11.9. The molecule has 2 aromatic rings. The maximum Gasteiger partial charge on any atom is 0.210 e. The van der Waals surface area contributed by atoms with E-state index < -0.39 is 23.1 Å². The molecule has 0 saturated carbocycles. The Morgan fingerprint density at radius 1 is 0.714 bits per heavy atom. The molecule has 2 aliphatic carbocycles. The summed E-state index contributed by atoms with van der Waals surface area (Å²) < 4.78 is 0. The maximum absolute atomic E-state index is 13.2. The minimum atomic E-state index is -0.512. The third kappa shape index (κ3) is 2.62. The summed E-state index contributed by atoms with van der Waals surface area (Å²) in [4.78, 5) is 51.7. The minimum absolute atomic E-state index is 0.0199. The van der Waals surface area contributed by atoms with Crippen molar-refractivity contribution < 1.29 is 24.3 Å². The van der Waals surface area contributed by atoms with Crippen LogP contribution in [0.3, 0.4) is 0 Å². The number of hydrogen-bond acceptors (Lipinski definition) is 6. The van der Waals surface area contributed by atoms with Crippen LogP contribution in [0.1, 0.15) is 41.4 Å². The zero-order valence-corrected chi connectivity index (χ0v) is 14.7. The number of fused-ring (bicyclic) bond motifs is 2. The molecule has 6 heteroatoms. The molecule has 0 heterocycles. The number of carbonyl (C=O) groups is 4. The monoisotopic (exact) mass is 373 g/mol. The van der Waals surface area contributed by atoms with Crippen LogP contribution in [0, 0.1) is 0 Å². The Morgan fingerprint density at radius 3 is 1.86 bits per heavy atom. The predicted octanol–water partition coefficient (Wildman–Crippen LogP) is 1.91. The van der Waals surface area contributed by atoms with Crippen molar-refractivity contribution in [3.05, 3.63) is 93.7 Å². The van der Waals surface area contributed by atoms with Crippen LogP contribution < -0.4 is 5.32 Å². The first-order valence-electron chi connectivity index (χ1n) is 8.72. The normalized spacial score (nSPS) is 16.0. The third-order valence-corrected chi connectivity index (χ3v) is 4.76. The second-order valence-electron chi connectivity index (χ2n) is 6.40. The van der Waals surface area contributed by atoms with Crippen molar-refractivity contribution in [1.82, 2.24) is 5.32 Å². The Hall–Kier alpha value is -3.64. The van der Waals surface area contributed by atoms with Gasteiger partial charge in [0.25, 0.3) is 0 Å². The molecule has 0 unspecified atom stereocenters. The molecule has 0 bridgehead atoms. The molecule has 0 spiro atoms. The van der Waals surface area contributed by atoms with Gasteiger partial charge in [-0.05, 0) is 6.08 Å². The molecule has 2 aliphatic rings. The van der Waals surface area contributed by atoms with E-state index in [0.29, 0.717) is 0 Å². The fraction of sp³-hybridized carbons (Fsp3) is 0.0909. The van der Waals surface area contributed by atoms with Crippen molar-refractivity contribution in [2.24, 2.45) is 0 Å². The van der Waals surface area contributed by atoms with E-state index in [0.717, 1.165) is 6.08 Å². The molecule has 138 valence electrons. The van der Waals surface area contributed by atoms with Gasteiger partial charge in [-0.1, -0.05) is 48.5 Å². The highest BCUT2D eigenvalue weighted by molar-refractivity contribution is 6.35. The number of carbonyl (C=O) groups excluding carboxylic acids is 4. The number of ketones is 4. The van der Waals surface area contributed by atoms with E-state index in [-0.39, 0.29) is 52.2 Å². The van der Waals surface area contributed by atoms with Gasteiger partial charge in [0, 0.05) is 34.4 Å². The molecule has 6 nitrogen and oxygen atoms in total. The topological polar surface area (TPSA) is 101 Å². The predicted molar refractivity (Wildman–Crippen MR) is 100 cm³/mol. The van der Waals surface area contributed by atoms with Crippen molar-refractivity contribution in [3.63, 3.8) is 0 Å². The molecule has 0 amide bonds. The van der Waals surface area contributed by atoms with Gasteiger partial charge < -0.3 is 10.4 Å². The number of aliphatic hydroxyl groups excluding tert-OH is 1. The van der Waals surface area contributed by atoms with Crippen LogP contribution in [0.4, 0.5) is 0 Å². The van der Waals surface area contributed by atoms with Crippen LogP contribution in [-0.4, -0.2) is 41.4 Å². The van der Waals surface area contributed by atoms with E-state index in [1.165, 1.54) is 18.2 Å². The number of nitrogens with one attached hydrogen (secondary N) is 1. The van der Waals surface area contributed by atoms with Crippen LogP contribution in [0.2, 0.25) is 0 Å². The van der Waals surface area contributed by atoms with Crippen molar-refractivity contribution in [3.8, 4) is 0 Å². The molecule has 0 aromatic heterocycles. The second kappa shape index (κ2) is 6.83. The zero-order chi connectivity index (χ0) is 19.8. The van der Waals surface area contributed by atoms with E-state index in [1.807, 2.05) is 0 Å². The van der Waals surface area contributed by atoms with Gasteiger partial charge in [-0.2, -0.15) is 0 Å². The fourth-order valence-corrected chi connectivity index (χ4v) is 3.48. The molecular weight excluding hydrogens is 358 g/mol. The summed E-state index contributed by atoms with van der Waals surface area (Å²) in [7, 11) is 0. The van der Waals surface area contributed by atoms with Crippen molar-refractivity contribution in [2.45, 2.75) is 0 Å². The summed E-state index contributed by atoms with van der Waals surface area (Å²) in [5.74, 6) is -1.87. The van der Waals surface area contributed by atoms with E-state index >= 15 is 0 Å². The summed E-state index contributed by atoms with van der Waals surface area (Å²) in [5.41, 5.74) is 0.519. The largest absolute Gasteiger partial charge is 0.395 e. The number of Topliss-reactive ketones (excluding diaryl/α,β-unsaturated/α-hetero) is 3. The van der Waals surface area contributed by atoms with Crippen LogP contribution >= 0.6 is 0 Å². The molecule has 4 rings (SSSR count). The number of hydrogen-bond donors (Lipinski definition) is 2. The molecule has 0 radical (unpaired) electrons. The molecule has 0 saturated heterocycles. The Labute approximate surface area is 160 Å². The summed E-state index contributed by atoms with van der Waals surface area (Å²) in [6, 6.07) is 12.7. The fourth-order valence-electron chi connectivity index (χ4n) is 3.48. The molecular formula is C22H15NO5. The SMILES string of the molecule is O=C1C=C(C2=C(NCCO)C(=O)c3ccccc3C2=O)C(=O)c2ccccc21. The first-order chi connectivity index (χ1) is 13.5. The Morgan fingerprint density at radius 2 is 1.25 bits per heavy atom. The van der Waals surface area contributed by atoms with E-state index in [9.17, 15) is 19.2 Å². The zero-order valence-electron chi connectivity index (χ0n) is 14.7. The third-order valence-electron chi connectivity index (χ3n) is 4.76. The van der Waals surface area contributed by atoms with Gasteiger partial charge in [-0.25, -0.2) is 0 Å². The van der Waals surface area contributed by atoms with E-state index in [4.69, 9.17) is 5.11 Å². The lowest BCUT2D eigenvalue weighted by Crippen LogP contribution is -2.34. The molecule has 2 N–H and O–H groups in total. The van der Waals surface area contributed by atoms with Crippen LogP contribution in [0.5, 0.6) is 0 Å². The van der Waals surface area contributed by atoms with Gasteiger partial charge in [0.05, 0.1) is 17.9 Å². The summed E-state index contributed by atoms with van der Waals surface area (Å²) >= 11 is 0. The van der Waals surface area contributed by atoms with Gasteiger partial charge in [0.2, 0.25) is 5.78 Å². The Bertz CT molecular complexity index is 1120. The highest BCUT2D eigenvalue weighted by Gasteiger charge is 2.38. The molecule has 28 heavy (non-hydrogen) atoms. The molecule has 0 fully saturated rings.